The lowest BCUT2D eigenvalue weighted by atomic mass is 10.1. The van der Waals surface area contributed by atoms with E-state index in [0.717, 1.165) is 26.4 Å². The molecule has 1 heterocycles. The summed E-state index contributed by atoms with van der Waals surface area (Å²) in [6.45, 7) is 3.78. The van der Waals surface area contributed by atoms with Crippen LogP contribution in [0, 0.1) is 6.92 Å². The van der Waals surface area contributed by atoms with E-state index in [1.165, 1.54) is 11.3 Å². The third-order valence-corrected chi connectivity index (χ3v) is 3.97. The second-order valence-electron chi connectivity index (χ2n) is 4.27. The summed E-state index contributed by atoms with van der Waals surface area (Å²) in [6.07, 6.45) is 0.251. The molecule has 1 amide bonds. The Morgan fingerprint density at radius 1 is 1.40 bits per heavy atom. The van der Waals surface area contributed by atoms with Crippen molar-refractivity contribution < 1.29 is 4.79 Å². The number of nitrogens with one attached hydrogen (secondary N) is 1. The fourth-order valence-electron chi connectivity index (χ4n) is 1.60. The van der Waals surface area contributed by atoms with Crippen LogP contribution in [0.15, 0.2) is 39.2 Å². The molecule has 0 fully saturated rings. The van der Waals surface area contributed by atoms with E-state index < -0.39 is 0 Å². The van der Waals surface area contributed by atoms with Crippen LogP contribution in [-0.2, 0) is 11.2 Å². The first-order valence-electron chi connectivity index (χ1n) is 6.04. The molecule has 1 aromatic heterocycles. The molecule has 0 aliphatic carbocycles. The van der Waals surface area contributed by atoms with E-state index in [-0.39, 0.29) is 12.3 Å². The predicted molar refractivity (Wildman–Crippen MR) is 85.1 cm³/mol. The van der Waals surface area contributed by atoms with Gasteiger partial charge in [-0.2, -0.15) is 5.10 Å². The number of amides is 1. The highest BCUT2D eigenvalue weighted by atomic mass is 79.9. The van der Waals surface area contributed by atoms with Gasteiger partial charge in [0.15, 0.2) is 0 Å². The normalized spacial score (nSPS) is 11.4. The standard InChI is InChI=1S/C14H14BrN3OS/c1-9(11-3-5-12(15)6-4-11)17-18-14(19)7-13-8-20-10(2)16-13/h3-6,8H,7H2,1-2H3,(H,18,19). The summed E-state index contributed by atoms with van der Waals surface area (Å²) in [5, 5.41) is 6.95. The average Bonchev–Trinajstić information content (AvgIpc) is 2.82. The number of halogens is 1. The van der Waals surface area contributed by atoms with Crippen molar-refractivity contribution in [2.45, 2.75) is 20.3 Å². The lowest BCUT2D eigenvalue weighted by Crippen LogP contribution is -2.21. The number of aryl methyl sites for hydroxylation is 1. The molecule has 2 aromatic rings. The molecule has 0 spiro atoms. The molecule has 20 heavy (non-hydrogen) atoms. The molecule has 104 valence electrons. The first-order valence-corrected chi connectivity index (χ1v) is 7.72. The number of carbonyl (C=O) groups excluding carboxylic acids is 1. The number of carbonyl (C=O) groups is 1. The summed E-state index contributed by atoms with van der Waals surface area (Å²) in [4.78, 5) is 16.0. The van der Waals surface area contributed by atoms with Crippen LogP contribution >= 0.6 is 27.3 Å². The molecule has 0 unspecified atom stereocenters. The zero-order chi connectivity index (χ0) is 14.5. The van der Waals surface area contributed by atoms with E-state index in [1.54, 1.807) is 0 Å². The van der Waals surface area contributed by atoms with Crippen LogP contribution < -0.4 is 5.43 Å². The van der Waals surface area contributed by atoms with E-state index in [0.29, 0.717) is 0 Å². The Hall–Kier alpha value is -1.53. The highest BCUT2D eigenvalue weighted by molar-refractivity contribution is 9.10. The van der Waals surface area contributed by atoms with Crippen LogP contribution in [0.5, 0.6) is 0 Å². The van der Waals surface area contributed by atoms with Gasteiger partial charge in [0.25, 0.3) is 0 Å². The Morgan fingerprint density at radius 2 is 2.10 bits per heavy atom. The van der Waals surface area contributed by atoms with E-state index in [2.05, 4.69) is 31.4 Å². The maximum atomic E-state index is 11.8. The fraction of sp³-hybridized carbons (Fsp3) is 0.214. The van der Waals surface area contributed by atoms with Crippen molar-refractivity contribution in [1.82, 2.24) is 10.4 Å². The smallest absolute Gasteiger partial charge is 0.246 e. The summed E-state index contributed by atoms with van der Waals surface area (Å²) in [5.41, 5.74) is 5.07. The van der Waals surface area contributed by atoms with Gasteiger partial charge in [0.1, 0.15) is 0 Å². The van der Waals surface area contributed by atoms with Crippen molar-refractivity contribution in [3.05, 3.63) is 50.4 Å². The minimum atomic E-state index is -0.160. The van der Waals surface area contributed by atoms with Gasteiger partial charge in [0, 0.05) is 9.85 Å². The number of nitrogens with zero attached hydrogens (tertiary/aromatic N) is 2. The average molecular weight is 352 g/mol. The van der Waals surface area contributed by atoms with Crippen LogP contribution in [0.25, 0.3) is 0 Å². The minimum absolute atomic E-state index is 0.160. The van der Waals surface area contributed by atoms with E-state index in [9.17, 15) is 4.79 Å². The zero-order valence-electron chi connectivity index (χ0n) is 11.2. The highest BCUT2D eigenvalue weighted by Gasteiger charge is 2.06. The Kier molecular flexibility index (Phi) is 5.03. The second-order valence-corrected chi connectivity index (χ2v) is 6.25. The third kappa shape index (κ3) is 4.25. The molecule has 0 saturated carbocycles. The van der Waals surface area contributed by atoms with Crippen LogP contribution in [0.3, 0.4) is 0 Å². The Balaban J connectivity index is 1.94. The molecule has 0 saturated heterocycles. The van der Waals surface area contributed by atoms with E-state index in [1.807, 2.05) is 43.5 Å². The van der Waals surface area contributed by atoms with Gasteiger partial charge >= 0.3 is 0 Å². The van der Waals surface area contributed by atoms with Gasteiger partial charge in [-0.25, -0.2) is 10.4 Å². The number of hydrazone groups is 1. The lowest BCUT2D eigenvalue weighted by Gasteiger charge is -2.02. The number of benzene rings is 1. The van der Waals surface area contributed by atoms with Gasteiger partial charge in [0.2, 0.25) is 5.91 Å². The van der Waals surface area contributed by atoms with Crippen LogP contribution in [-0.4, -0.2) is 16.6 Å². The van der Waals surface area contributed by atoms with Gasteiger partial charge in [-0.3, -0.25) is 4.79 Å². The van der Waals surface area contributed by atoms with Crippen LogP contribution in [0.2, 0.25) is 0 Å². The van der Waals surface area contributed by atoms with Crippen molar-refractivity contribution >= 4 is 38.9 Å². The Labute approximate surface area is 130 Å². The fourth-order valence-corrected chi connectivity index (χ4v) is 2.47. The first-order chi connectivity index (χ1) is 9.54. The van der Waals surface area contributed by atoms with Gasteiger partial charge < -0.3 is 0 Å². The van der Waals surface area contributed by atoms with E-state index in [4.69, 9.17) is 0 Å². The summed E-state index contributed by atoms with van der Waals surface area (Å²) in [5.74, 6) is -0.160. The highest BCUT2D eigenvalue weighted by Crippen LogP contribution is 2.11. The van der Waals surface area contributed by atoms with Crippen LogP contribution in [0.4, 0.5) is 0 Å². The molecule has 0 radical (unpaired) electrons. The Morgan fingerprint density at radius 3 is 2.70 bits per heavy atom. The van der Waals surface area contributed by atoms with Crippen LogP contribution in [0.1, 0.15) is 23.2 Å². The zero-order valence-corrected chi connectivity index (χ0v) is 13.6. The largest absolute Gasteiger partial charge is 0.273 e. The van der Waals surface area contributed by atoms with Crippen molar-refractivity contribution in [2.24, 2.45) is 5.10 Å². The first kappa shape index (κ1) is 14.9. The number of thiazole rings is 1. The lowest BCUT2D eigenvalue weighted by molar-refractivity contribution is -0.120. The molecule has 0 aliphatic heterocycles. The minimum Gasteiger partial charge on any atom is -0.273 e. The molecule has 0 aliphatic rings. The second kappa shape index (κ2) is 6.76. The quantitative estimate of drug-likeness (QED) is 0.678. The number of rotatable bonds is 4. The third-order valence-electron chi connectivity index (χ3n) is 2.62. The molecular weight excluding hydrogens is 338 g/mol. The molecular formula is C14H14BrN3OS. The van der Waals surface area contributed by atoms with E-state index >= 15 is 0 Å². The number of hydrogen-bond acceptors (Lipinski definition) is 4. The summed E-state index contributed by atoms with van der Waals surface area (Å²) in [7, 11) is 0. The van der Waals surface area contributed by atoms with Crippen molar-refractivity contribution in [1.29, 1.82) is 0 Å². The van der Waals surface area contributed by atoms with Gasteiger partial charge in [-0.15, -0.1) is 11.3 Å². The maximum Gasteiger partial charge on any atom is 0.246 e. The molecule has 4 nitrogen and oxygen atoms in total. The summed E-state index contributed by atoms with van der Waals surface area (Å²) in [6, 6.07) is 7.76. The monoisotopic (exact) mass is 351 g/mol. The predicted octanol–water partition coefficient (Wildman–Crippen LogP) is 3.30. The number of hydrogen-bond donors (Lipinski definition) is 1. The summed E-state index contributed by atoms with van der Waals surface area (Å²) < 4.78 is 1.01. The van der Waals surface area contributed by atoms with Crippen molar-refractivity contribution in [2.75, 3.05) is 0 Å². The summed E-state index contributed by atoms with van der Waals surface area (Å²) >= 11 is 4.92. The van der Waals surface area contributed by atoms with Gasteiger partial charge in [-0.05, 0) is 31.5 Å². The van der Waals surface area contributed by atoms with Gasteiger partial charge in [-0.1, -0.05) is 28.1 Å². The molecule has 6 heteroatoms. The molecule has 0 bridgehead atoms. The molecule has 2 rings (SSSR count). The number of aromatic nitrogens is 1. The Bertz CT molecular complexity index is 634. The van der Waals surface area contributed by atoms with Crippen molar-refractivity contribution in [3.63, 3.8) is 0 Å². The molecule has 1 N–H and O–H groups in total. The molecule has 0 atom stereocenters. The van der Waals surface area contributed by atoms with Crippen molar-refractivity contribution in [3.8, 4) is 0 Å². The SMILES string of the molecule is CC(=NNC(=O)Cc1csc(C)n1)c1ccc(Br)cc1. The maximum absolute atomic E-state index is 11.8. The topological polar surface area (TPSA) is 54.4 Å². The van der Waals surface area contributed by atoms with Gasteiger partial charge in [0.05, 0.1) is 22.8 Å². The molecule has 1 aromatic carbocycles.